The van der Waals surface area contributed by atoms with Crippen LogP contribution in [0.5, 0.6) is 0 Å². The minimum atomic E-state index is -0.908. The number of benzene rings is 1. The van der Waals surface area contributed by atoms with E-state index in [2.05, 4.69) is 0 Å². The largest absolute Gasteiger partial charge is 0.501 e. The Kier molecular flexibility index (Phi) is 5.76. The average molecular weight is 326 g/mol. The molecule has 0 saturated carbocycles. The lowest BCUT2D eigenvalue weighted by Crippen LogP contribution is -2.44. The molecular formula is C16H22O3S2. The molecule has 3 atom stereocenters. The lowest BCUT2D eigenvalue weighted by molar-refractivity contribution is 0.235. The molecule has 0 aromatic heterocycles. The van der Waals surface area contributed by atoms with Crippen LogP contribution in [0.2, 0.25) is 0 Å². The summed E-state index contributed by atoms with van der Waals surface area (Å²) in [7, 11) is -1.75. The molecule has 1 heterocycles. The Balaban J connectivity index is 1.86. The van der Waals surface area contributed by atoms with E-state index in [1.165, 1.54) is 0 Å². The van der Waals surface area contributed by atoms with Crippen LogP contribution < -0.4 is 0 Å². The van der Waals surface area contributed by atoms with Crippen LogP contribution in [0.3, 0.4) is 0 Å². The zero-order valence-electron chi connectivity index (χ0n) is 12.5. The second kappa shape index (κ2) is 7.36. The molecule has 3 unspecified atom stereocenters. The maximum Gasteiger partial charge on any atom is 0.0887 e. The van der Waals surface area contributed by atoms with Crippen LogP contribution in [0.1, 0.15) is 25.8 Å². The average Bonchev–Trinajstić information content (AvgIpc) is 2.48. The SMILES string of the molecule is C/C(=C/OCCC1(C)CS(=O)CCS1=O)c1ccccc1. The monoisotopic (exact) mass is 326 g/mol. The highest BCUT2D eigenvalue weighted by atomic mass is 32.2. The molecule has 1 aromatic carbocycles. The van der Waals surface area contributed by atoms with Crippen molar-refractivity contribution in [3.8, 4) is 0 Å². The van der Waals surface area contributed by atoms with Gasteiger partial charge >= 0.3 is 0 Å². The molecule has 21 heavy (non-hydrogen) atoms. The van der Waals surface area contributed by atoms with Crippen LogP contribution in [-0.4, -0.2) is 37.0 Å². The van der Waals surface area contributed by atoms with Gasteiger partial charge in [0, 0.05) is 38.9 Å². The second-order valence-electron chi connectivity index (χ2n) is 5.58. The van der Waals surface area contributed by atoms with Crippen molar-refractivity contribution in [3.63, 3.8) is 0 Å². The molecule has 1 aromatic rings. The molecule has 0 spiro atoms. The first-order valence-corrected chi connectivity index (χ1v) is 9.89. The van der Waals surface area contributed by atoms with Crippen LogP contribution in [0.15, 0.2) is 36.6 Å². The molecule has 116 valence electrons. The fourth-order valence-corrected chi connectivity index (χ4v) is 6.35. The predicted octanol–water partition coefficient (Wildman–Crippen LogP) is 2.72. The third-order valence-electron chi connectivity index (χ3n) is 3.75. The fraction of sp³-hybridized carbons (Fsp3) is 0.500. The smallest absolute Gasteiger partial charge is 0.0887 e. The van der Waals surface area contributed by atoms with Gasteiger partial charge in [0.05, 0.1) is 17.6 Å². The number of ether oxygens (including phenoxy) is 1. The first kappa shape index (κ1) is 16.4. The van der Waals surface area contributed by atoms with Gasteiger partial charge < -0.3 is 4.74 Å². The van der Waals surface area contributed by atoms with Crippen LogP contribution >= 0.6 is 0 Å². The van der Waals surface area contributed by atoms with Crippen LogP contribution in [0, 0.1) is 0 Å². The van der Waals surface area contributed by atoms with E-state index < -0.39 is 21.6 Å². The highest BCUT2D eigenvalue weighted by Gasteiger charge is 2.37. The van der Waals surface area contributed by atoms with Crippen molar-refractivity contribution in [3.05, 3.63) is 42.2 Å². The molecule has 0 bridgehead atoms. The number of hydrogen-bond donors (Lipinski definition) is 0. The van der Waals surface area contributed by atoms with Gasteiger partial charge in [-0.25, -0.2) is 0 Å². The summed E-state index contributed by atoms with van der Waals surface area (Å²) in [5, 5.41) is 0. The molecular weight excluding hydrogens is 304 g/mol. The molecule has 2 rings (SSSR count). The van der Waals surface area contributed by atoms with E-state index in [1.807, 2.05) is 44.2 Å². The van der Waals surface area contributed by atoms with Gasteiger partial charge in [0.15, 0.2) is 0 Å². The van der Waals surface area contributed by atoms with E-state index in [-0.39, 0.29) is 4.75 Å². The molecule has 1 saturated heterocycles. The molecule has 0 amide bonds. The number of rotatable bonds is 5. The van der Waals surface area contributed by atoms with Gasteiger partial charge in [-0.05, 0) is 31.4 Å². The van der Waals surface area contributed by atoms with Gasteiger partial charge in [-0.15, -0.1) is 0 Å². The standard InChI is InChI=1S/C16H22O3S2/c1-14(15-6-4-3-5-7-15)12-19-9-8-16(2)13-20(17)10-11-21(16)18/h3-7,12H,8-11,13H2,1-2H3/b14-12-. The third kappa shape index (κ3) is 4.51. The Morgan fingerprint density at radius 2 is 2.00 bits per heavy atom. The van der Waals surface area contributed by atoms with E-state index in [0.29, 0.717) is 30.3 Å². The van der Waals surface area contributed by atoms with E-state index in [4.69, 9.17) is 4.74 Å². The molecule has 3 nitrogen and oxygen atoms in total. The lowest BCUT2D eigenvalue weighted by atomic mass is 10.1. The molecule has 1 aliphatic rings. The third-order valence-corrected chi connectivity index (χ3v) is 7.83. The summed E-state index contributed by atoms with van der Waals surface area (Å²) in [6, 6.07) is 10.0. The van der Waals surface area contributed by atoms with Crippen molar-refractivity contribution in [2.24, 2.45) is 0 Å². The van der Waals surface area contributed by atoms with Gasteiger partial charge in [0.25, 0.3) is 0 Å². The Labute approximate surface area is 131 Å². The van der Waals surface area contributed by atoms with Gasteiger partial charge in [-0.3, -0.25) is 8.42 Å². The van der Waals surface area contributed by atoms with E-state index in [9.17, 15) is 8.42 Å². The lowest BCUT2D eigenvalue weighted by Gasteiger charge is -2.31. The molecule has 1 fully saturated rings. The normalized spacial score (nSPS) is 30.1. The predicted molar refractivity (Wildman–Crippen MR) is 90.0 cm³/mol. The number of allylic oxidation sites excluding steroid dienone is 1. The van der Waals surface area contributed by atoms with Crippen molar-refractivity contribution in [1.82, 2.24) is 0 Å². The minimum Gasteiger partial charge on any atom is -0.501 e. The highest BCUT2D eigenvalue weighted by molar-refractivity contribution is 7.93. The summed E-state index contributed by atoms with van der Waals surface area (Å²) in [5.41, 5.74) is 2.19. The zero-order valence-corrected chi connectivity index (χ0v) is 14.2. The van der Waals surface area contributed by atoms with Crippen LogP contribution in [0.4, 0.5) is 0 Å². The Hall–Kier alpha value is -0.940. The maximum atomic E-state index is 12.1. The van der Waals surface area contributed by atoms with Crippen molar-refractivity contribution in [2.75, 3.05) is 23.9 Å². The summed E-state index contributed by atoms with van der Waals surface area (Å²) < 4.78 is 29.0. The molecule has 0 radical (unpaired) electrons. The summed E-state index contributed by atoms with van der Waals surface area (Å²) in [5.74, 6) is 1.63. The van der Waals surface area contributed by atoms with E-state index >= 15 is 0 Å². The topological polar surface area (TPSA) is 43.4 Å². The highest BCUT2D eigenvalue weighted by Crippen LogP contribution is 2.25. The van der Waals surface area contributed by atoms with E-state index in [1.54, 1.807) is 6.26 Å². The van der Waals surface area contributed by atoms with Gasteiger partial charge in [0.2, 0.25) is 0 Å². The first-order valence-electron chi connectivity index (χ1n) is 7.08. The number of hydrogen-bond acceptors (Lipinski definition) is 3. The van der Waals surface area contributed by atoms with Crippen molar-refractivity contribution in [1.29, 1.82) is 0 Å². The maximum absolute atomic E-state index is 12.1. The second-order valence-corrected chi connectivity index (χ2v) is 9.24. The van der Waals surface area contributed by atoms with Crippen LogP contribution in [0.25, 0.3) is 5.57 Å². The van der Waals surface area contributed by atoms with Gasteiger partial charge in [0.1, 0.15) is 0 Å². The summed E-state index contributed by atoms with van der Waals surface area (Å²) in [6.07, 6.45) is 2.42. The summed E-state index contributed by atoms with van der Waals surface area (Å²) in [4.78, 5) is 0. The first-order chi connectivity index (χ1) is 10.0. The van der Waals surface area contributed by atoms with Crippen molar-refractivity contribution in [2.45, 2.75) is 25.0 Å². The quantitative estimate of drug-likeness (QED) is 0.617. The summed E-state index contributed by atoms with van der Waals surface area (Å²) >= 11 is 0. The fourth-order valence-electron chi connectivity index (χ4n) is 2.31. The van der Waals surface area contributed by atoms with Gasteiger partial charge in [-0.2, -0.15) is 0 Å². The minimum absolute atomic E-state index is 0.377. The Morgan fingerprint density at radius 3 is 2.71 bits per heavy atom. The van der Waals surface area contributed by atoms with Crippen molar-refractivity contribution < 1.29 is 13.2 Å². The summed E-state index contributed by atoms with van der Waals surface area (Å²) in [6.45, 7) is 4.46. The Bertz CT molecular complexity index is 554. The van der Waals surface area contributed by atoms with Crippen LogP contribution in [-0.2, 0) is 26.3 Å². The van der Waals surface area contributed by atoms with E-state index in [0.717, 1.165) is 11.1 Å². The van der Waals surface area contributed by atoms with Gasteiger partial charge in [-0.1, -0.05) is 30.3 Å². The molecule has 1 aliphatic heterocycles. The van der Waals surface area contributed by atoms with Crippen molar-refractivity contribution >= 4 is 27.2 Å². The zero-order chi connectivity index (χ0) is 15.3. The molecule has 0 N–H and O–H groups in total. The molecule has 5 heteroatoms. The Morgan fingerprint density at radius 1 is 1.29 bits per heavy atom. The molecule has 0 aliphatic carbocycles.